The van der Waals surface area contributed by atoms with Crippen molar-refractivity contribution >= 4 is 11.9 Å². The fraction of sp³-hybridized carbons (Fsp3) is 0.643. The average molecular weight is 279 g/mol. The Labute approximate surface area is 118 Å². The third-order valence-electron chi connectivity index (χ3n) is 3.68. The van der Waals surface area contributed by atoms with Crippen LogP contribution in [0.1, 0.15) is 67.5 Å². The van der Waals surface area contributed by atoms with Crippen LogP contribution in [0, 0.1) is 0 Å². The minimum atomic E-state index is -0.914. The topological polar surface area (TPSA) is 84.2 Å². The van der Waals surface area contributed by atoms with Gasteiger partial charge in [0.25, 0.3) is 5.91 Å². The van der Waals surface area contributed by atoms with Crippen LogP contribution < -0.4 is 5.32 Å². The van der Waals surface area contributed by atoms with Crippen LogP contribution in [0.25, 0.3) is 0 Å². The summed E-state index contributed by atoms with van der Waals surface area (Å²) in [6.07, 6.45) is 4.69. The Morgan fingerprint density at radius 1 is 1.55 bits per heavy atom. The zero-order valence-electron chi connectivity index (χ0n) is 11.9. The van der Waals surface area contributed by atoms with E-state index in [1.807, 2.05) is 4.68 Å². The summed E-state index contributed by atoms with van der Waals surface area (Å²) in [6.45, 7) is 4.33. The first-order valence-electron chi connectivity index (χ1n) is 7.12. The van der Waals surface area contributed by atoms with Crippen LogP contribution in [0.4, 0.5) is 0 Å². The van der Waals surface area contributed by atoms with E-state index in [0.717, 1.165) is 25.0 Å². The molecule has 0 saturated heterocycles. The number of carboxylic acid groups (broad SMARTS) is 1. The van der Waals surface area contributed by atoms with Crippen molar-refractivity contribution in [3.8, 4) is 0 Å². The summed E-state index contributed by atoms with van der Waals surface area (Å²) in [5.41, 5.74) is 1.60. The van der Waals surface area contributed by atoms with Crippen molar-refractivity contribution in [1.29, 1.82) is 0 Å². The molecule has 6 heteroatoms. The van der Waals surface area contributed by atoms with E-state index in [4.69, 9.17) is 5.11 Å². The number of carbonyl (C=O) groups is 2. The van der Waals surface area contributed by atoms with Gasteiger partial charge in [-0.1, -0.05) is 6.92 Å². The molecule has 110 valence electrons. The SMILES string of the molecule is CCC(C)n1ncc(C(=O)NCCC(=O)O)c1C1CC1. The number of aromatic nitrogens is 2. The lowest BCUT2D eigenvalue weighted by molar-refractivity contribution is -0.136. The van der Waals surface area contributed by atoms with Gasteiger partial charge in [-0.15, -0.1) is 0 Å². The van der Waals surface area contributed by atoms with Gasteiger partial charge in [0, 0.05) is 18.5 Å². The third-order valence-corrected chi connectivity index (χ3v) is 3.68. The van der Waals surface area contributed by atoms with E-state index in [1.165, 1.54) is 0 Å². The molecule has 1 unspecified atom stereocenters. The number of carboxylic acids is 1. The number of hydrogen-bond acceptors (Lipinski definition) is 3. The van der Waals surface area contributed by atoms with Crippen molar-refractivity contribution in [3.05, 3.63) is 17.5 Å². The van der Waals surface area contributed by atoms with Crippen LogP contribution in [0.2, 0.25) is 0 Å². The molecule has 20 heavy (non-hydrogen) atoms. The molecule has 1 saturated carbocycles. The van der Waals surface area contributed by atoms with Gasteiger partial charge in [0.2, 0.25) is 0 Å². The summed E-state index contributed by atoms with van der Waals surface area (Å²) in [7, 11) is 0. The van der Waals surface area contributed by atoms with Gasteiger partial charge in [0.05, 0.1) is 23.9 Å². The highest BCUT2D eigenvalue weighted by Crippen LogP contribution is 2.42. The largest absolute Gasteiger partial charge is 0.481 e. The molecule has 0 aromatic carbocycles. The first-order chi connectivity index (χ1) is 9.54. The summed E-state index contributed by atoms with van der Waals surface area (Å²) in [5.74, 6) is -0.711. The molecule has 1 aromatic heterocycles. The number of aliphatic carboxylic acids is 1. The summed E-state index contributed by atoms with van der Waals surface area (Å²) in [5, 5.41) is 15.6. The van der Waals surface area contributed by atoms with Crippen molar-refractivity contribution < 1.29 is 14.7 Å². The molecule has 1 aliphatic carbocycles. The number of rotatable bonds is 7. The van der Waals surface area contributed by atoms with E-state index in [2.05, 4.69) is 24.3 Å². The highest BCUT2D eigenvalue weighted by atomic mass is 16.4. The monoisotopic (exact) mass is 279 g/mol. The molecule has 0 aliphatic heterocycles. The smallest absolute Gasteiger partial charge is 0.305 e. The second-order valence-electron chi connectivity index (χ2n) is 5.32. The second-order valence-corrected chi connectivity index (χ2v) is 5.32. The lowest BCUT2D eigenvalue weighted by Crippen LogP contribution is -2.27. The molecular weight excluding hydrogens is 258 g/mol. The van der Waals surface area contributed by atoms with Crippen LogP contribution in [0.5, 0.6) is 0 Å². The Morgan fingerprint density at radius 2 is 2.25 bits per heavy atom. The van der Waals surface area contributed by atoms with Crippen molar-refractivity contribution in [2.75, 3.05) is 6.54 Å². The zero-order chi connectivity index (χ0) is 14.7. The van der Waals surface area contributed by atoms with Crippen molar-refractivity contribution in [2.45, 2.75) is 51.5 Å². The van der Waals surface area contributed by atoms with Gasteiger partial charge in [-0.05, 0) is 26.2 Å². The molecule has 1 atom stereocenters. The zero-order valence-corrected chi connectivity index (χ0v) is 11.9. The van der Waals surface area contributed by atoms with Gasteiger partial charge < -0.3 is 10.4 Å². The van der Waals surface area contributed by atoms with Crippen LogP contribution in [-0.2, 0) is 4.79 Å². The fourth-order valence-electron chi connectivity index (χ4n) is 2.21. The van der Waals surface area contributed by atoms with E-state index in [-0.39, 0.29) is 24.9 Å². The van der Waals surface area contributed by atoms with Crippen molar-refractivity contribution in [3.63, 3.8) is 0 Å². The maximum atomic E-state index is 12.1. The van der Waals surface area contributed by atoms with E-state index in [0.29, 0.717) is 11.5 Å². The molecule has 6 nitrogen and oxygen atoms in total. The number of amides is 1. The maximum absolute atomic E-state index is 12.1. The summed E-state index contributed by atoms with van der Waals surface area (Å²) < 4.78 is 1.95. The second kappa shape index (κ2) is 6.07. The molecule has 0 radical (unpaired) electrons. The molecule has 1 aromatic rings. The predicted octanol–water partition coefficient (Wildman–Crippen LogP) is 1.94. The minimum Gasteiger partial charge on any atom is -0.481 e. The van der Waals surface area contributed by atoms with Gasteiger partial charge in [0.1, 0.15) is 0 Å². The van der Waals surface area contributed by atoms with Crippen molar-refractivity contribution in [2.24, 2.45) is 0 Å². The van der Waals surface area contributed by atoms with E-state index in [9.17, 15) is 9.59 Å². The molecule has 1 heterocycles. The van der Waals surface area contributed by atoms with Gasteiger partial charge in [0.15, 0.2) is 0 Å². The Morgan fingerprint density at radius 3 is 2.80 bits per heavy atom. The highest BCUT2D eigenvalue weighted by molar-refractivity contribution is 5.95. The number of hydrogen-bond donors (Lipinski definition) is 2. The molecule has 0 bridgehead atoms. The minimum absolute atomic E-state index is 0.0655. The molecule has 1 aliphatic rings. The Kier molecular flexibility index (Phi) is 4.42. The molecule has 2 N–H and O–H groups in total. The maximum Gasteiger partial charge on any atom is 0.305 e. The molecule has 1 amide bonds. The van der Waals surface area contributed by atoms with Crippen molar-refractivity contribution in [1.82, 2.24) is 15.1 Å². The standard InChI is InChI=1S/C14H21N3O3/c1-3-9(2)17-13(10-4-5-10)11(8-16-17)14(20)15-7-6-12(18)19/h8-10H,3-7H2,1-2H3,(H,15,20)(H,18,19). The Balaban J connectivity index is 2.12. The van der Waals surface area contributed by atoms with Crippen LogP contribution >= 0.6 is 0 Å². The molecule has 1 fully saturated rings. The predicted molar refractivity (Wildman–Crippen MR) is 73.8 cm³/mol. The van der Waals surface area contributed by atoms with Crippen LogP contribution in [0.3, 0.4) is 0 Å². The van der Waals surface area contributed by atoms with Crippen LogP contribution in [-0.4, -0.2) is 33.3 Å². The first-order valence-corrected chi connectivity index (χ1v) is 7.12. The van der Waals surface area contributed by atoms with E-state index in [1.54, 1.807) is 6.20 Å². The molecular formula is C14H21N3O3. The summed E-state index contributed by atoms with van der Waals surface area (Å²) >= 11 is 0. The number of nitrogens with one attached hydrogen (secondary N) is 1. The Hall–Kier alpha value is -1.85. The third kappa shape index (κ3) is 3.18. The van der Waals surface area contributed by atoms with Gasteiger partial charge in [-0.25, -0.2) is 0 Å². The molecule has 0 spiro atoms. The quantitative estimate of drug-likeness (QED) is 0.798. The van der Waals surface area contributed by atoms with E-state index >= 15 is 0 Å². The van der Waals surface area contributed by atoms with Gasteiger partial charge >= 0.3 is 5.97 Å². The Bertz CT molecular complexity index is 506. The lowest BCUT2D eigenvalue weighted by Gasteiger charge is -2.14. The summed E-state index contributed by atoms with van der Waals surface area (Å²) in [4.78, 5) is 22.6. The summed E-state index contributed by atoms with van der Waals surface area (Å²) in [6, 6.07) is 0.270. The molecule has 2 rings (SSSR count). The fourth-order valence-corrected chi connectivity index (χ4v) is 2.21. The highest BCUT2D eigenvalue weighted by Gasteiger charge is 2.33. The number of nitrogens with zero attached hydrogens (tertiary/aromatic N) is 2. The van der Waals surface area contributed by atoms with E-state index < -0.39 is 5.97 Å². The first kappa shape index (κ1) is 14.6. The number of carbonyl (C=O) groups excluding carboxylic acids is 1. The van der Waals surface area contributed by atoms with Crippen LogP contribution in [0.15, 0.2) is 6.20 Å². The van der Waals surface area contributed by atoms with Gasteiger partial charge in [-0.2, -0.15) is 5.10 Å². The lowest BCUT2D eigenvalue weighted by atomic mass is 10.1. The van der Waals surface area contributed by atoms with Gasteiger partial charge in [-0.3, -0.25) is 14.3 Å². The normalized spacial score (nSPS) is 15.9. The average Bonchev–Trinajstić information content (AvgIpc) is 3.15.